The van der Waals surface area contributed by atoms with Crippen molar-refractivity contribution in [1.82, 2.24) is 4.72 Å². The van der Waals surface area contributed by atoms with E-state index in [0.717, 1.165) is 12.0 Å². The monoisotopic (exact) mass is 336 g/mol. The first-order chi connectivity index (χ1) is 10.9. The number of anilines is 1. The quantitative estimate of drug-likeness (QED) is 0.849. The van der Waals surface area contributed by atoms with E-state index in [-0.39, 0.29) is 10.9 Å². The van der Waals surface area contributed by atoms with Crippen LogP contribution in [0.15, 0.2) is 45.9 Å². The standard InChI is InChI=1S/C16H20N2O4S/c1-4-11(2)12-7-5-6-8-13(12)18-16(19)14-9-10-15(22-14)23(20,21)17-3/h5-11,17H,4H2,1-3H3,(H,18,19). The van der Waals surface area contributed by atoms with Crippen LogP contribution in [0.25, 0.3) is 0 Å². The molecular formula is C16H20N2O4S. The van der Waals surface area contributed by atoms with Crippen LogP contribution in [0.3, 0.4) is 0 Å². The van der Waals surface area contributed by atoms with E-state index in [1.807, 2.05) is 24.3 Å². The molecule has 1 heterocycles. The molecule has 0 spiro atoms. The van der Waals surface area contributed by atoms with Gasteiger partial charge in [-0.05, 0) is 43.1 Å². The summed E-state index contributed by atoms with van der Waals surface area (Å²) < 4.78 is 30.6. The van der Waals surface area contributed by atoms with Gasteiger partial charge in [-0.25, -0.2) is 13.1 Å². The van der Waals surface area contributed by atoms with Gasteiger partial charge in [0.1, 0.15) is 0 Å². The summed E-state index contributed by atoms with van der Waals surface area (Å²) >= 11 is 0. The van der Waals surface area contributed by atoms with Crippen LogP contribution in [-0.2, 0) is 10.0 Å². The lowest BCUT2D eigenvalue weighted by molar-refractivity contribution is 0.0991. The Morgan fingerprint density at radius 3 is 2.57 bits per heavy atom. The Kier molecular flexibility index (Phi) is 5.23. The van der Waals surface area contributed by atoms with E-state index in [1.165, 1.54) is 19.2 Å². The SMILES string of the molecule is CCC(C)c1ccccc1NC(=O)c1ccc(S(=O)(=O)NC)o1. The minimum atomic E-state index is -3.71. The molecule has 0 saturated heterocycles. The first-order valence-electron chi connectivity index (χ1n) is 7.32. The van der Waals surface area contributed by atoms with Gasteiger partial charge in [0.05, 0.1) is 0 Å². The fraction of sp³-hybridized carbons (Fsp3) is 0.312. The zero-order valence-corrected chi connectivity index (χ0v) is 14.1. The largest absolute Gasteiger partial charge is 0.438 e. The van der Waals surface area contributed by atoms with E-state index < -0.39 is 15.9 Å². The van der Waals surface area contributed by atoms with Crippen molar-refractivity contribution < 1.29 is 17.6 Å². The fourth-order valence-electron chi connectivity index (χ4n) is 2.13. The molecule has 0 aliphatic heterocycles. The molecule has 124 valence electrons. The number of hydrogen-bond acceptors (Lipinski definition) is 4. The summed E-state index contributed by atoms with van der Waals surface area (Å²) in [6, 6.07) is 10.1. The average molecular weight is 336 g/mol. The molecule has 2 rings (SSSR count). The lowest BCUT2D eigenvalue weighted by atomic mass is 9.97. The molecule has 1 aromatic carbocycles. The third-order valence-electron chi connectivity index (χ3n) is 3.69. The highest BCUT2D eigenvalue weighted by molar-refractivity contribution is 7.89. The summed E-state index contributed by atoms with van der Waals surface area (Å²) in [5.74, 6) is -0.251. The van der Waals surface area contributed by atoms with E-state index in [1.54, 1.807) is 0 Å². The molecule has 0 aliphatic carbocycles. The maximum atomic E-state index is 12.3. The normalized spacial score (nSPS) is 12.8. The van der Waals surface area contributed by atoms with Crippen LogP contribution in [-0.4, -0.2) is 21.4 Å². The summed E-state index contributed by atoms with van der Waals surface area (Å²) in [5.41, 5.74) is 1.72. The Hall–Kier alpha value is -2.12. The van der Waals surface area contributed by atoms with Crippen molar-refractivity contribution in [1.29, 1.82) is 0 Å². The van der Waals surface area contributed by atoms with Crippen LogP contribution in [0.2, 0.25) is 0 Å². The maximum absolute atomic E-state index is 12.3. The molecule has 1 amide bonds. The van der Waals surface area contributed by atoms with E-state index in [0.29, 0.717) is 11.6 Å². The van der Waals surface area contributed by atoms with Crippen LogP contribution in [0, 0.1) is 0 Å². The molecule has 0 radical (unpaired) electrons. The molecule has 6 nitrogen and oxygen atoms in total. The molecular weight excluding hydrogens is 316 g/mol. The van der Waals surface area contributed by atoms with Crippen molar-refractivity contribution in [2.45, 2.75) is 31.3 Å². The Morgan fingerprint density at radius 1 is 1.22 bits per heavy atom. The maximum Gasteiger partial charge on any atom is 0.291 e. The van der Waals surface area contributed by atoms with Crippen LogP contribution in [0.4, 0.5) is 5.69 Å². The molecule has 0 aliphatic rings. The number of benzene rings is 1. The zero-order valence-electron chi connectivity index (χ0n) is 13.3. The smallest absolute Gasteiger partial charge is 0.291 e. The van der Waals surface area contributed by atoms with Crippen LogP contribution >= 0.6 is 0 Å². The number of nitrogens with one attached hydrogen (secondary N) is 2. The second-order valence-corrected chi connectivity index (χ2v) is 6.99. The molecule has 0 fully saturated rings. The van der Waals surface area contributed by atoms with Crippen LogP contribution in [0.5, 0.6) is 0 Å². The van der Waals surface area contributed by atoms with E-state index in [4.69, 9.17) is 4.42 Å². The van der Waals surface area contributed by atoms with Gasteiger partial charge >= 0.3 is 0 Å². The summed E-state index contributed by atoms with van der Waals surface area (Å²) in [7, 11) is -2.43. The lowest BCUT2D eigenvalue weighted by Gasteiger charge is -2.15. The Labute approximate surface area is 135 Å². The number of amides is 1. The number of rotatable bonds is 6. The minimum absolute atomic E-state index is 0.0576. The van der Waals surface area contributed by atoms with Crippen LogP contribution < -0.4 is 10.0 Å². The van der Waals surface area contributed by atoms with Gasteiger partial charge in [0, 0.05) is 5.69 Å². The first-order valence-corrected chi connectivity index (χ1v) is 8.81. The topological polar surface area (TPSA) is 88.4 Å². The molecule has 0 saturated carbocycles. The number of sulfonamides is 1. The van der Waals surface area contributed by atoms with Crippen molar-refractivity contribution >= 4 is 21.6 Å². The molecule has 2 aromatic rings. The number of carbonyl (C=O) groups excluding carboxylic acids is 1. The van der Waals surface area contributed by atoms with Crippen LogP contribution in [0.1, 0.15) is 42.3 Å². The van der Waals surface area contributed by atoms with Crippen molar-refractivity contribution in [3.8, 4) is 0 Å². The summed E-state index contributed by atoms with van der Waals surface area (Å²) in [6.45, 7) is 4.15. The third-order valence-corrected chi connectivity index (χ3v) is 4.98. The van der Waals surface area contributed by atoms with Gasteiger partial charge in [0.2, 0.25) is 5.09 Å². The number of furan rings is 1. The van der Waals surface area contributed by atoms with Gasteiger partial charge in [-0.3, -0.25) is 4.79 Å². The van der Waals surface area contributed by atoms with Gasteiger partial charge in [-0.1, -0.05) is 32.0 Å². The lowest BCUT2D eigenvalue weighted by Crippen LogP contribution is -2.18. The fourth-order valence-corrected chi connectivity index (χ4v) is 2.78. The highest BCUT2D eigenvalue weighted by Crippen LogP contribution is 2.27. The Morgan fingerprint density at radius 2 is 1.91 bits per heavy atom. The van der Waals surface area contributed by atoms with Crippen molar-refractivity contribution in [3.63, 3.8) is 0 Å². The van der Waals surface area contributed by atoms with E-state index in [2.05, 4.69) is 23.9 Å². The molecule has 7 heteroatoms. The number of carbonyl (C=O) groups is 1. The predicted molar refractivity (Wildman–Crippen MR) is 88.1 cm³/mol. The van der Waals surface area contributed by atoms with E-state index in [9.17, 15) is 13.2 Å². The second-order valence-electron chi connectivity index (χ2n) is 5.18. The summed E-state index contributed by atoms with van der Waals surface area (Å²) in [5, 5.41) is 2.49. The number of para-hydroxylation sites is 1. The van der Waals surface area contributed by atoms with Gasteiger partial charge in [-0.2, -0.15) is 0 Å². The molecule has 23 heavy (non-hydrogen) atoms. The first kappa shape index (κ1) is 17.2. The van der Waals surface area contributed by atoms with Crippen molar-refractivity contribution in [2.24, 2.45) is 0 Å². The molecule has 1 atom stereocenters. The average Bonchev–Trinajstić information content (AvgIpc) is 3.05. The van der Waals surface area contributed by atoms with Gasteiger partial charge in [-0.15, -0.1) is 0 Å². The van der Waals surface area contributed by atoms with Crippen molar-refractivity contribution in [2.75, 3.05) is 12.4 Å². The van der Waals surface area contributed by atoms with E-state index >= 15 is 0 Å². The second kappa shape index (κ2) is 6.97. The molecule has 2 N–H and O–H groups in total. The molecule has 1 aromatic heterocycles. The molecule has 0 bridgehead atoms. The predicted octanol–water partition coefficient (Wildman–Crippen LogP) is 2.95. The van der Waals surface area contributed by atoms with Gasteiger partial charge in [0.25, 0.3) is 15.9 Å². The summed E-state index contributed by atoms with van der Waals surface area (Å²) in [4.78, 5) is 12.3. The minimum Gasteiger partial charge on any atom is -0.438 e. The Bertz CT molecular complexity index is 796. The van der Waals surface area contributed by atoms with Crippen molar-refractivity contribution in [3.05, 3.63) is 47.7 Å². The highest BCUT2D eigenvalue weighted by Gasteiger charge is 2.20. The Balaban J connectivity index is 2.24. The highest BCUT2D eigenvalue weighted by atomic mass is 32.2. The third kappa shape index (κ3) is 3.80. The summed E-state index contributed by atoms with van der Waals surface area (Å²) in [6.07, 6.45) is 0.943. The van der Waals surface area contributed by atoms with Gasteiger partial charge in [0.15, 0.2) is 5.76 Å². The zero-order chi connectivity index (χ0) is 17.0. The number of hydrogen-bond donors (Lipinski definition) is 2. The van der Waals surface area contributed by atoms with Gasteiger partial charge < -0.3 is 9.73 Å². The molecule has 1 unspecified atom stereocenters.